The smallest absolute Gasteiger partial charge is 0.0224 e. The summed E-state index contributed by atoms with van der Waals surface area (Å²) in [7, 11) is 4.10. The van der Waals surface area contributed by atoms with Crippen LogP contribution in [0.15, 0.2) is 23.8 Å². The average Bonchev–Trinajstić information content (AvgIpc) is 1.85. The van der Waals surface area contributed by atoms with Gasteiger partial charge in [0.25, 0.3) is 0 Å². The van der Waals surface area contributed by atoms with Crippen molar-refractivity contribution in [2.24, 2.45) is 0 Å². The van der Waals surface area contributed by atoms with Crippen LogP contribution in [0.4, 0.5) is 0 Å². The monoisotopic (exact) mass is 139 g/mol. The Kier molecular flexibility index (Phi) is 4.05. The Bertz CT molecular complexity index is 143. The van der Waals surface area contributed by atoms with Crippen molar-refractivity contribution in [3.05, 3.63) is 23.8 Å². The van der Waals surface area contributed by atoms with E-state index in [0.717, 1.165) is 6.54 Å². The van der Waals surface area contributed by atoms with Crippen LogP contribution in [0.25, 0.3) is 0 Å². The quantitative estimate of drug-likeness (QED) is 0.541. The Morgan fingerprint density at radius 1 is 1.50 bits per heavy atom. The zero-order chi connectivity index (χ0) is 8.15. The Balaban J connectivity index is 3.86. The molecular weight excluding hydrogens is 122 g/mol. The number of nitrogens with zero attached hydrogens (tertiary/aromatic N) is 1. The highest BCUT2D eigenvalue weighted by atomic mass is 15.0. The van der Waals surface area contributed by atoms with Gasteiger partial charge in [-0.05, 0) is 33.5 Å². The van der Waals surface area contributed by atoms with Crippen LogP contribution in [0.3, 0.4) is 0 Å². The van der Waals surface area contributed by atoms with E-state index < -0.39 is 0 Å². The number of allylic oxidation sites excluding steroid dienone is 1. The second-order valence-electron chi connectivity index (χ2n) is 2.81. The third-order valence-electron chi connectivity index (χ3n) is 1.50. The molecule has 1 nitrogen and oxygen atoms in total. The van der Waals surface area contributed by atoms with E-state index in [0.29, 0.717) is 0 Å². The van der Waals surface area contributed by atoms with Crippen molar-refractivity contribution >= 4 is 0 Å². The zero-order valence-electron chi connectivity index (χ0n) is 7.44. The van der Waals surface area contributed by atoms with Gasteiger partial charge in [0.2, 0.25) is 0 Å². The minimum absolute atomic E-state index is 0.955. The minimum Gasteiger partial charge on any atom is -0.305 e. The highest BCUT2D eigenvalue weighted by Gasteiger charge is 1.96. The lowest BCUT2D eigenvalue weighted by atomic mass is 10.1. The fourth-order valence-corrected chi connectivity index (χ4v) is 0.711. The van der Waals surface area contributed by atoms with Crippen LogP contribution in [0.2, 0.25) is 0 Å². The lowest BCUT2D eigenvalue weighted by Crippen LogP contribution is -2.14. The standard InChI is InChI=1S/C9H17N/c1-6-8(2)9(3)7-10(4)5/h6H,3,7H2,1-2,4-5H3/b8-6-. The van der Waals surface area contributed by atoms with Gasteiger partial charge in [-0.1, -0.05) is 18.2 Å². The van der Waals surface area contributed by atoms with Crippen molar-refractivity contribution in [1.82, 2.24) is 4.90 Å². The van der Waals surface area contributed by atoms with Crippen molar-refractivity contribution < 1.29 is 0 Å². The first-order chi connectivity index (χ1) is 4.57. The molecule has 0 fully saturated rings. The molecule has 0 aromatic heterocycles. The maximum atomic E-state index is 3.96. The summed E-state index contributed by atoms with van der Waals surface area (Å²) in [5, 5.41) is 0. The number of rotatable bonds is 3. The molecule has 0 aliphatic heterocycles. The van der Waals surface area contributed by atoms with E-state index in [1.165, 1.54) is 11.1 Å². The molecule has 10 heavy (non-hydrogen) atoms. The molecule has 0 aromatic carbocycles. The first-order valence-corrected chi connectivity index (χ1v) is 3.53. The molecule has 0 rings (SSSR count). The van der Waals surface area contributed by atoms with E-state index in [4.69, 9.17) is 0 Å². The van der Waals surface area contributed by atoms with Gasteiger partial charge in [-0.2, -0.15) is 0 Å². The van der Waals surface area contributed by atoms with Crippen LogP contribution in [-0.2, 0) is 0 Å². The van der Waals surface area contributed by atoms with Crippen molar-refractivity contribution in [1.29, 1.82) is 0 Å². The fraction of sp³-hybridized carbons (Fsp3) is 0.556. The molecule has 0 spiro atoms. The molecule has 1 heteroatoms. The van der Waals surface area contributed by atoms with E-state index in [9.17, 15) is 0 Å². The Morgan fingerprint density at radius 3 is 2.30 bits per heavy atom. The molecule has 0 saturated carbocycles. The largest absolute Gasteiger partial charge is 0.305 e. The first kappa shape index (κ1) is 9.44. The molecular formula is C9H17N. The van der Waals surface area contributed by atoms with Gasteiger partial charge in [-0.3, -0.25) is 0 Å². The SMILES string of the molecule is C=C(CN(C)C)/C(C)=C\C. The normalized spacial score (nSPS) is 12.3. The van der Waals surface area contributed by atoms with Crippen molar-refractivity contribution in [2.75, 3.05) is 20.6 Å². The average molecular weight is 139 g/mol. The molecule has 0 amide bonds. The molecule has 0 aromatic rings. The second-order valence-corrected chi connectivity index (χ2v) is 2.81. The summed E-state index contributed by atoms with van der Waals surface area (Å²) < 4.78 is 0. The Hall–Kier alpha value is -0.560. The van der Waals surface area contributed by atoms with Crippen LogP contribution < -0.4 is 0 Å². The minimum atomic E-state index is 0.955. The molecule has 0 N–H and O–H groups in total. The maximum Gasteiger partial charge on any atom is 0.0224 e. The summed E-state index contributed by atoms with van der Waals surface area (Å²) in [6.45, 7) is 9.04. The molecule has 0 aliphatic carbocycles. The lowest BCUT2D eigenvalue weighted by molar-refractivity contribution is 0.447. The molecule has 0 bridgehead atoms. The van der Waals surface area contributed by atoms with Gasteiger partial charge >= 0.3 is 0 Å². The van der Waals surface area contributed by atoms with Gasteiger partial charge in [-0.25, -0.2) is 0 Å². The number of hydrogen-bond acceptors (Lipinski definition) is 1. The summed E-state index contributed by atoms with van der Waals surface area (Å²) in [6.07, 6.45) is 2.09. The molecule has 0 atom stereocenters. The van der Waals surface area contributed by atoms with Crippen molar-refractivity contribution in [3.63, 3.8) is 0 Å². The predicted octanol–water partition coefficient (Wildman–Crippen LogP) is 2.07. The van der Waals surface area contributed by atoms with Crippen LogP contribution in [0.1, 0.15) is 13.8 Å². The summed E-state index contributed by atoms with van der Waals surface area (Å²) >= 11 is 0. The molecule has 0 saturated heterocycles. The summed E-state index contributed by atoms with van der Waals surface area (Å²) in [5.41, 5.74) is 2.49. The first-order valence-electron chi connectivity index (χ1n) is 3.53. The fourth-order valence-electron chi connectivity index (χ4n) is 0.711. The van der Waals surface area contributed by atoms with Gasteiger partial charge in [0.1, 0.15) is 0 Å². The zero-order valence-corrected chi connectivity index (χ0v) is 7.44. The molecule has 0 heterocycles. The molecule has 0 radical (unpaired) electrons. The van der Waals surface area contributed by atoms with Crippen LogP contribution in [0.5, 0.6) is 0 Å². The van der Waals surface area contributed by atoms with Gasteiger partial charge < -0.3 is 4.90 Å². The molecule has 0 aliphatic rings. The van der Waals surface area contributed by atoms with Gasteiger partial charge in [0, 0.05) is 6.54 Å². The molecule has 58 valence electrons. The van der Waals surface area contributed by atoms with Gasteiger partial charge in [0.05, 0.1) is 0 Å². The maximum absolute atomic E-state index is 3.96. The lowest BCUT2D eigenvalue weighted by Gasteiger charge is -2.11. The van der Waals surface area contributed by atoms with E-state index in [1.54, 1.807) is 0 Å². The summed E-state index contributed by atoms with van der Waals surface area (Å²) in [4.78, 5) is 2.12. The highest BCUT2D eigenvalue weighted by Crippen LogP contribution is 2.05. The predicted molar refractivity (Wildman–Crippen MR) is 47.1 cm³/mol. The van der Waals surface area contributed by atoms with Gasteiger partial charge in [0.15, 0.2) is 0 Å². The van der Waals surface area contributed by atoms with E-state index in [-0.39, 0.29) is 0 Å². The summed E-state index contributed by atoms with van der Waals surface area (Å²) in [6, 6.07) is 0. The second kappa shape index (κ2) is 4.29. The summed E-state index contributed by atoms with van der Waals surface area (Å²) in [5.74, 6) is 0. The number of likely N-dealkylation sites (N-methyl/N-ethyl adjacent to an activating group) is 1. The Morgan fingerprint density at radius 2 is 2.00 bits per heavy atom. The van der Waals surface area contributed by atoms with Crippen LogP contribution in [-0.4, -0.2) is 25.5 Å². The third kappa shape index (κ3) is 3.46. The van der Waals surface area contributed by atoms with E-state index in [2.05, 4.69) is 24.5 Å². The Labute approximate surface area is 64.0 Å². The van der Waals surface area contributed by atoms with E-state index in [1.807, 2.05) is 21.0 Å². The van der Waals surface area contributed by atoms with Crippen molar-refractivity contribution in [3.8, 4) is 0 Å². The molecule has 0 unspecified atom stereocenters. The highest BCUT2D eigenvalue weighted by molar-refractivity contribution is 5.26. The topological polar surface area (TPSA) is 3.24 Å². The number of hydrogen-bond donors (Lipinski definition) is 0. The van der Waals surface area contributed by atoms with Crippen LogP contribution >= 0.6 is 0 Å². The third-order valence-corrected chi connectivity index (χ3v) is 1.50. The van der Waals surface area contributed by atoms with E-state index >= 15 is 0 Å². The van der Waals surface area contributed by atoms with Crippen molar-refractivity contribution in [2.45, 2.75) is 13.8 Å². The van der Waals surface area contributed by atoms with Crippen LogP contribution in [0, 0.1) is 0 Å². The van der Waals surface area contributed by atoms with Gasteiger partial charge in [-0.15, -0.1) is 0 Å².